The van der Waals surface area contributed by atoms with Crippen molar-refractivity contribution < 1.29 is 0 Å². The smallest absolute Gasteiger partial charge is 0.160 e. The molecule has 304 valence electrons. The van der Waals surface area contributed by atoms with Gasteiger partial charge in [-0.3, -0.25) is 0 Å². The molecule has 2 aliphatic carbocycles. The summed E-state index contributed by atoms with van der Waals surface area (Å²) in [6.45, 7) is 0. The molecule has 3 nitrogen and oxygen atoms in total. The minimum atomic E-state index is -0.537. The average molecular weight is 836 g/mol. The number of hydrogen-bond donors (Lipinski definition) is 0. The molecule has 2 heterocycles. The molecule has 11 aromatic carbocycles. The summed E-state index contributed by atoms with van der Waals surface area (Å²) in [6, 6.07) is 82.7. The molecule has 0 bridgehead atoms. The van der Waals surface area contributed by atoms with Crippen LogP contribution in [0.25, 0.3) is 116 Å². The topological polar surface area (TPSA) is 30.7 Å². The van der Waals surface area contributed by atoms with Gasteiger partial charge in [0.1, 0.15) is 0 Å². The van der Waals surface area contributed by atoms with Gasteiger partial charge in [0, 0.05) is 38.5 Å². The van der Waals surface area contributed by atoms with Crippen LogP contribution in [-0.2, 0) is 5.41 Å². The Morgan fingerprint density at radius 2 is 0.939 bits per heavy atom. The lowest BCUT2D eigenvalue weighted by atomic mass is 9.70. The van der Waals surface area contributed by atoms with Gasteiger partial charge < -0.3 is 4.57 Å². The van der Waals surface area contributed by atoms with E-state index in [1.54, 1.807) is 0 Å². The molecule has 66 heavy (non-hydrogen) atoms. The minimum absolute atomic E-state index is 0.537. The molecular weight excluding hydrogens is 799 g/mol. The molecule has 0 radical (unpaired) electrons. The number of hydrogen-bond acceptors (Lipinski definition) is 2. The fraction of sp³-hybridized carbons (Fsp3) is 0.0159. The number of fused-ring (bicyclic) bond motifs is 21. The maximum atomic E-state index is 5.28. The maximum absolute atomic E-state index is 5.28. The molecular formula is C63H37N3. The zero-order chi connectivity index (χ0) is 43.1. The zero-order valence-corrected chi connectivity index (χ0v) is 35.7. The van der Waals surface area contributed by atoms with Crippen molar-refractivity contribution in [1.82, 2.24) is 14.5 Å². The van der Waals surface area contributed by atoms with Gasteiger partial charge >= 0.3 is 0 Å². The van der Waals surface area contributed by atoms with Crippen LogP contribution in [0, 0.1) is 0 Å². The number of nitrogens with zero attached hydrogens (tertiary/aromatic N) is 3. The molecule has 0 saturated carbocycles. The van der Waals surface area contributed by atoms with Crippen molar-refractivity contribution in [1.29, 1.82) is 0 Å². The molecule has 0 unspecified atom stereocenters. The molecule has 13 aromatic rings. The first-order valence-electron chi connectivity index (χ1n) is 22.8. The Kier molecular flexibility index (Phi) is 7.15. The van der Waals surface area contributed by atoms with Gasteiger partial charge in [-0.25, -0.2) is 9.97 Å². The van der Waals surface area contributed by atoms with E-state index in [1.807, 2.05) is 0 Å². The summed E-state index contributed by atoms with van der Waals surface area (Å²) < 4.78 is 2.59. The largest absolute Gasteiger partial charge is 0.309 e. The Labute approximate surface area is 380 Å². The van der Waals surface area contributed by atoms with Crippen LogP contribution in [0.15, 0.2) is 224 Å². The predicted molar refractivity (Wildman–Crippen MR) is 274 cm³/mol. The Morgan fingerprint density at radius 3 is 1.70 bits per heavy atom. The van der Waals surface area contributed by atoms with Gasteiger partial charge in [-0.15, -0.1) is 0 Å². The summed E-state index contributed by atoms with van der Waals surface area (Å²) in [5.41, 5.74) is 17.6. The minimum Gasteiger partial charge on any atom is -0.309 e. The van der Waals surface area contributed by atoms with Crippen LogP contribution >= 0.6 is 0 Å². The van der Waals surface area contributed by atoms with Crippen molar-refractivity contribution in [2.24, 2.45) is 0 Å². The van der Waals surface area contributed by atoms with Gasteiger partial charge in [-0.05, 0) is 102 Å². The van der Waals surface area contributed by atoms with Crippen molar-refractivity contribution in [3.05, 3.63) is 247 Å². The molecule has 0 N–H and O–H groups in total. The van der Waals surface area contributed by atoms with E-state index in [-0.39, 0.29) is 0 Å². The third-order valence-corrected chi connectivity index (χ3v) is 14.7. The van der Waals surface area contributed by atoms with Crippen LogP contribution in [-0.4, -0.2) is 14.5 Å². The van der Waals surface area contributed by atoms with E-state index < -0.39 is 5.41 Å². The summed E-state index contributed by atoms with van der Waals surface area (Å²) >= 11 is 0. The second-order valence-electron chi connectivity index (χ2n) is 17.9. The number of aromatic nitrogens is 3. The standard InChI is InChI=1S/C63H37N3/c1-2-16-40(17-3-1)60-48-23-9-14-28-55(48)64-62(65-60)41-33-32-38-30-31-39-34-35-42(37-51(39)50(38)36-41)66-56-29-15-10-24-49(56)58-46-21-5-4-20-45(46)57-47-22-8-13-27-54(47)63(59(57)61(58)66)52-25-11-6-18-43(52)44-19-7-12-26-53(44)63/h1-37H. The summed E-state index contributed by atoms with van der Waals surface area (Å²) in [7, 11) is 0. The van der Waals surface area contributed by atoms with Crippen molar-refractivity contribution in [3.8, 4) is 50.6 Å². The highest BCUT2D eigenvalue weighted by molar-refractivity contribution is 6.28. The van der Waals surface area contributed by atoms with Crippen LogP contribution in [0.2, 0.25) is 0 Å². The highest BCUT2D eigenvalue weighted by Crippen LogP contribution is 2.66. The lowest BCUT2D eigenvalue weighted by Gasteiger charge is -2.31. The summed E-state index contributed by atoms with van der Waals surface area (Å²) in [4.78, 5) is 10.5. The average Bonchev–Trinajstić information content (AvgIpc) is 4.01. The predicted octanol–water partition coefficient (Wildman–Crippen LogP) is 15.9. The number of rotatable bonds is 3. The van der Waals surface area contributed by atoms with Crippen molar-refractivity contribution in [2.45, 2.75) is 5.41 Å². The van der Waals surface area contributed by atoms with E-state index in [1.165, 1.54) is 98.6 Å². The van der Waals surface area contributed by atoms with Crippen LogP contribution in [0.1, 0.15) is 22.3 Å². The highest BCUT2D eigenvalue weighted by Gasteiger charge is 2.53. The molecule has 1 spiro atoms. The Hall–Kier alpha value is -8.66. The van der Waals surface area contributed by atoms with Gasteiger partial charge in [0.15, 0.2) is 5.82 Å². The molecule has 0 fully saturated rings. The van der Waals surface area contributed by atoms with E-state index in [0.29, 0.717) is 0 Å². The second-order valence-corrected chi connectivity index (χ2v) is 17.9. The number of para-hydroxylation sites is 2. The quantitative estimate of drug-likeness (QED) is 0.166. The molecule has 0 aliphatic heterocycles. The van der Waals surface area contributed by atoms with E-state index >= 15 is 0 Å². The highest BCUT2D eigenvalue weighted by atomic mass is 15.0. The Bertz CT molecular complexity index is 4190. The van der Waals surface area contributed by atoms with Crippen LogP contribution in [0.5, 0.6) is 0 Å². The lowest BCUT2D eigenvalue weighted by Crippen LogP contribution is -2.26. The Morgan fingerprint density at radius 1 is 0.379 bits per heavy atom. The van der Waals surface area contributed by atoms with E-state index in [0.717, 1.165) is 39.2 Å². The van der Waals surface area contributed by atoms with Crippen molar-refractivity contribution in [2.75, 3.05) is 0 Å². The van der Waals surface area contributed by atoms with Gasteiger partial charge in [-0.1, -0.05) is 194 Å². The van der Waals surface area contributed by atoms with Crippen molar-refractivity contribution >= 4 is 65.0 Å². The van der Waals surface area contributed by atoms with Crippen molar-refractivity contribution in [3.63, 3.8) is 0 Å². The summed E-state index contributed by atoms with van der Waals surface area (Å²) in [5, 5.41) is 10.9. The van der Waals surface area contributed by atoms with Crippen LogP contribution in [0.3, 0.4) is 0 Å². The van der Waals surface area contributed by atoms with E-state index in [9.17, 15) is 0 Å². The molecule has 3 heteroatoms. The molecule has 0 amide bonds. The first kappa shape index (κ1) is 35.8. The molecule has 2 aliphatic rings. The maximum Gasteiger partial charge on any atom is 0.160 e. The molecule has 15 rings (SSSR count). The third-order valence-electron chi connectivity index (χ3n) is 14.7. The van der Waals surface area contributed by atoms with Gasteiger partial charge in [0.25, 0.3) is 0 Å². The normalized spacial score (nSPS) is 13.3. The van der Waals surface area contributed by atoms with Crippen LogP contribution < -0.4 is 0 Å². The molecule has 0 atom stereocenters. The first-order chi connectivity index (χ1) is 32.8. The van der Waals surface area contributed by atoms with Crippen LogP contribution in [0.4, 0.5) is 0 Å². The molecule has 0 saturated heterocycles. The summed E-state index contributed by atoms with van der Waals surface area (Å²) in [6.07, 6.45) is 0. The lowest BCUT2D eigenvalue weighted by molar-refractivity contribution is 0.797. The van der Waals surface area contributed by atoms with Gasteiger partial charge in [0.05, 0.1) is 27.7 Å². The zero-order valence-electron chi connectivity index (χ0n) is 35.7. The SMILES string of the molecule is c1ccc(-c2nc(-c3ccc4ccc5ccc(-n6c7ccccc7c7c8ccccc8c8c(c76)C6(c7ccccc7-c7ccccc76)c6ccccc6-8)cc5c4c3)nc3ccccc23)cc1. The second kappa shape index (κ2) is 13.2. The molecule has 2 aromatic heterocycles. The summed E-state index contributed by atoms with van der Waals surface area (Å²) in [5.74, 6) is 0.717. The first-order valence-corrected chi connectivity index (χ1v) is 22.8. The van der Waals surface area contributed by atoms with E-state index in [4.69, 9.17) is 9.97 Å². The fourth-order valence-corrected chi connectivity index (χ4v) is 12.1. The van der Waals surface area contributed by atoms with Gasteiger partial charge in [0.2, 0.25) is 0 Å². The van der Waals surface area contributed by atoms with Gasteiger partial charge in [-0.2, -0.15) is 0 Å². The fourth-order valence-electron chi connectivity index (χ4n) is 12.1. The monoisotopic (exact) mass is 835 g/mol. The number of benzene rings is 11. The third kappa shape index (κ3) is 4.61. The van der Waals surface area contributed by atoms with E-state index in [2.05, 4.69) is 229 Å². The Balaban J connectivity index is 1.05.